The lowest BCUT2D eigenvalue weighted by Crippen LogP contribution is -2.36. The van der Waals surface area contributed by atoms with E-state index in [1.54, 1.807) is 29.9 Å². The fourth-order valence-electron chi connectivity index (χ4n) is 3.15. The molecule has 1 aliphatic heterocycles. The topological polar surface area (TPSA) is 111 Å². The van der Waals surface area contributed by atoms with Gasteiger partial charge in [0.15, 0.2) is 0 Å². The number of esters is 1. The monoisotopic (exact) mass is 386 g/mol. The van der Waals surface area contributed by atoms with Crippen LogP contribution in [0.15, 0.2) is 24.4 Å². The van der Waals surface area contributed by atoms with Crippen molar-refractivity contribution >= 4 is 34.5 Å². The van der Waals surface area contributed by atoms with E-state index in [0.29, 0.717) is 31.7 Å². The molecule has 1 aliphatic rings. The van der Waals surface area contributed by atoms with Crippen LogP contribution >= 0.6 is 0 Å². The van der Waals surface area contributed by atoms with Crippen LogP contribution in [-0.4, -0.2) is 65.0 Å². The molecule has 0 aliphatic carbocycles. The molecule has 1 saturated heterocycles. The van der Waals surface area contributed by atoms with Crippen molar-refractivity contribution in [2.45, 2.75) is 19.9 Å². The Balaban J connectivity index is 1.53. The lowest BCUT2D eigenvalue weighted by atomic mass is 10.1. The number of ether oxygens (including phenoxy) is 1. The van der Waals surface area contributed by atoms with Crippen LogP contribution in [0.4, 0.5) is 0 Å². The van der Waals surface area contributed by atoms with Gasteiger partial charge in [-0.3, -0.25) is 19.1 Å². The summed E-state index contributed by atoms with van der Waals surface area (Å²) in [5.74, 6) is -3.00. The molecule has 148 valence electrons. The fourth-order valence-corrected chi connectivity index (χ4v) is 3.15. The zero-order valence-electron chi connectivity index (χ0n) is 15.8. The Bertz CT molecular complexity index is 936. The summed E-state index contributed by atoms with van der Waals surface area (Å²) < 4.78 is 6.78. The first-order valence-corrected chi connectivity index (χ1v) is 9.12. The Morgan fingerprint density at radius 2 is 2.11 bits per heavy atom. The molecule has 2 heterocycles. The van der Waals surface area contributed by atoms with Crippen LogP contribution < -0.4 is 5.32 Å². The average Bonchev–Trinajstić information content (AvgIpc) is 3.20. The van der Waals surface area contributed by atoms with Gasteiger partial charge in [0.2, 0.25) is 11.7 Å². The van der Waals surface area contributed by atoms with Gasteiger partial charge in [-0.05, 0) is 31.5 Å². The molecule has 9 nitrogen and oxygen atoms in total. The maximum Gasteiger partial charge on any atom is 0.338 e. The summed E-state index contributed by atoms with van der Waals surface area (Å²) in [5.41, 5.74) is 1.35. The summed E-state index contributed by atoms with van der Waals surface area (Å²) in [5, 5.41) is 7.84. The summed E-state index contributed by atoms with van der Waals surface area (Å²) in [6, 6.07) is 5.24. The first-order chi connectivity index (χ1) is 13.4. The number of amides is 2. The van der Waals surface area contributed by atoms with Crippen molar-refractivity contribution in [2.24, 2.45) is 5.92 Å². The largest absolute Gasteiger partial charge is 0.462 e. The van der Waals surface area contributed by atoms with Crippen molar-refractivity contribution in [1.29, 1.82) is 0 Å². The maximum absolute atomic E-state index is 12.1. The van der Waals surface area contributed by atoms with E-state index >= 15 is 0 Å². The number of ketones is 1. The highest BCUT2D eigenvalue weighted by atomic mass is 16.5. The molecule has 9 heteroatoms. The van der Waals surface area contributed by atoms with Crippen molar-refractivity contribution in [3.05, 3.63) is 30.0 Å². The normalized spacial score (nSPS) is 16.6. The molecule has 1 fully saturated rings. The number of carbonyl (C=O) groups is 4. The molecular weight excluding hydrogens is 364 g/mol. The standard InChI is InChI=1S/C19H22N4O5/c1-3-28-19(27)12-5-6-15-13(9-12)10-21-23(15)8-4-7-20-17(25)14-11-22(2)18(26)16(14)24/h5-6,9-10,14H,3-4,7-8,11H2,1-2H3,(H,20,25). The highest BCUT2D eigenvalue weighted by Crippen LogP contribution is 2.17. The number of aromatic nitrogens is 2. The molecule has 0 radical (unpaired) electrons. The lowest BCUT2D eigenvalue weighted by molar-refractivity contribution is -0.142. The molecule has 1 aromatic heterocycles. The average molecular weight is 386 g/mol. The third kappa shape index (κ3) is 3.88. The summed E-state index contributed by atoms with van der Waals surface area (Å²) >= 11 is 0. The van der Waals surface area contributed by atoms with E-state index in [1.165, 1.54) is 11.9 Å². The van der Waals surface area contributed by atoms with E-state index in [9.17, 15) is 19.2 Å². The van der Waals surface area contributed by atoms with Gasteiger partial charge in [0.05, 0.1) is 23.9 Å². The van der Waals surface area contributed by atoms with Gasteiger partial charge >= 0.3 is 5.97 Å². The number of likely N-dealkylation sites (N-methyl/N-ethyl adjacent to an activating group) is 1. The van der Waals surface area contributed by atoms with Gasteiger partial charge in [-0.25, -0.2) is 4.79 Å². The van der Waals surface area contributed by atoms with Gasteiger partial charge in [-0.15, -0.1) is 0 Å². The Morgan fingerprint density at radius 1 is 1.32 bits per heavy atom. The van der Waals surface area contributed by atoms with E-state index in [-0.39, 0.29) is 12.5 Å². The number of aryl methyl sites for hydroxylation is 1. The Morgan fingerprint density at radius 3 is 2.79 bits per heavy atom. The molecule has 0 bridgehead atoms. The van der Waals surface area contributed by atoms with Crippen LogP contribution in [0.1, 0.15) is 23.7 Å². The SMILES string of the molecule is CCOC(=O)c1ccc2c(cnn2CCCNC(=O)C2CN(C)C(=O)C2=O)c1. The van der Waals surface area contributed by atoms with Gasteiger partial charge in [-0.1, -0.05) is 0 Å². The number of hydrogen-bond acceptors (Lipinski definition) is 6. The van der Waals surface area contributed by atoms with Gasteiger partial charge in [0.1, 0.15) is 5.92 Å². The second-order valence-electron chi connectivity index (χ2n) is 6.61. The number of fused-ring (bicyclic) bond motifs is 1. The Labute approximate surface area is 161 Å². The smallest absolute Gasteiger partial charge is 0.338 e. The zero-order valence-corrected chi connectivity index (χ0v) is 15.8. The molecule has 1 N–H and O–H groups in total. The quantitative estimate of drug-likeness (QED) is 0.319. The van der Waals surface area contributed by atoms with Crippen molar-refractivity contribution < 1.29 is 23.9 Å². The number of rotatable bonds is 7. The van der Waals surface area contributed by atoms with Crippen LogP contribution in [0.3, 0.4) is 0 Å². The van der Waals surface area contributed by atoms with Crippen molar-refractivity contribution in [2.75, 3.05) is 26.7 Å². The van der Waals surface area contributed by atoms with Gasteiger partial charge in [0.25, 0.3) is 5.91 Å². The Hall–Kier alpha value is -3.23. The van der Waals surface area contributed by atoms with Gasteiger partial charge in [-0.2, -0.15) is 5.10 Å². The van der Waals surface area contributed by atoms with Gasteiger partial charge in [0, 0.05) is 32.1 Å². The minimum atomic E-state index is -0.927. The lowest BCUT2D eigenvalue weighted by Gasteiger charge is -2.10. The highest BCUT2D eigenvalue weighted by molar-refractivity contribution is 6.42. The van der Waals surface area contributed by atoms with E-state index in [2.05, 4.69) is 10.4 Å². The summed E-state index contributed by atoms with van der Waals surface area (Å²) in [6.07, 6.45) is 2.28. The zero-order chi connectivity index (χ0) is 20.3. The minimum Gasteiger partial charge on any atom is -0.462 e. The number of nitrogens with zero attached hydrogens (tertiary/aromatic N) is 3. The Kier molecular flexibility index (Phi) is 5.72. The number of nitrogens with one attached hydrogen (secondary N) is 1. The molecule has 2 amide bonds. The molecule has 1 aromatic carbocycles. The molecule has 1 atom stereocenters. The molecule has 3 rings (SSSR count). The second kappa shape index (κ2) is 8.20. The minimum absolute atomic E-state index is 0.121. The summed E-state index contributed by atoms with van der Waals surface area (Å²) in [6.45, 7) is 3.11. The van der Waals surface area contributed by atoms with Crippen LogP contribution in [-0.2, 0) is 25.7 Å². The van der Waals surface area contributed by atoms with Crippen LogP contribution in [0, 0.1) is 5.92 Å². The molecule has 1 unspecified atom stereocenters. The number of hydrogen-bond donors (Lipinski definition) is 1. The first kappa shape index (κ1) is 19.5. The van der Waals surface area contributed by atoms with E-state index in [4.69, 9.17) is 4.74 Å². The van der Waals surface area contributed by atoms with E-state index < -0.39 is 23.5 Å². The summed E-state index contributed by atoms with van der Waals surface area (Å²) in [4.78, 5) is 48.4. The van der Waals surface area contributed by atoms with Crippen molar-refractivity contribution in [3.63, 3.8) is 0 Å². The highest BCUT2D eigenvalue weighted by Gasteiger charge is 2.41. The molecule has 0 saturated carbocycles. The maximum atomic E-state index is 12.1. The molecule has 28 heavy (non-hydrogen) atoms. The van der Waals surface area contributed by atoms with E-state index in [1.807, 2.05) is 6.07 Å². The first-order valence-electron chi connectivity index (χ1n) is 9.12. The fraction of sp³-hybridized carbons (Fsp3) is 0.421. The van der Waals surface area contributed by atoms with Crippen molar-refractivity contribution in [1.82, 2.24) is 20.0 Å². The van der Waals surface area contributed by atoms with E-state index in [0.717, 1.165) is 10.9 Å². The third-order valence-electron chi connectivity index (χ3n) is 4.65. The third-order valence-corrected chi connectivity index (χ3v) is 4.65. The molecular formula is C19H22N4O5. The number of benzene rings is 1. The van der Waals surface area contributed by atoms with Crippen molar-refractivity contribution in [3.8, 4) is 0 Å². The predicted octanol–water partition coefficient (Wildman–Crippen LogP) is 0.377. The number of carbonyl (C=O) groups excluding carboxylic acids is 4. The summed E-state index contributed by atoms with van der Waals surface area (Å²) in [7, 11) is 1.50. The number of likely N-dealkylation sites (tertiary alicyclic amines) is 1. The predicted molar refractivity (Wildman–Crippen MR) is 99.5 cm³/mol. The number of Topliss-reactive ketones (excluding diaryl/α,β-unsaturated/α-hetero) is 1. The second-order valence-corrected chi connectivity index (χ2v) is 6.61. The molecule has 0 spiro atoms. The van der Waals surface area contributed by atoms with Crippen LogP contribution in [0.5, 0.6) is 0 Å². The molecule has 2 aromatic rings. The van der Waals surface area contributed by atoms with Crippen LogP contribution in [0.25, 0.3) is 10.9 Å². The van der Waals surface area contributed by atoms with Crippen LogP contribution in [0.2, 0.25) is 0 Å². The van der Waals surface area contributed by atoms with Gasteiger partial charge < -0.3 is 15.0 Å².